The normalized spacial score (nSPS) is 14.7. The summed E-state index contributed by atoms with van der Waals surface area (Å²) in [6, 6.07) is 13.9. The van der Waals surface area contributed by atoms with E-state index in [4.69, 9.17) is 4.74 Å². The molecule has 3 rings (SSSR count). The first kappa shape index (κ1) is 18.6. The van der Waals surface area contributed by atoms with Gasteiger partial charge in [-0.2, -0.15) is 0 Å². The van der Waals surface area contributed by atoms with Crippen LogP contribution in [0.15, 0.2) is 48.5 Å². The molecule has 1 aliphatic rings. The van der Waals surface area contributed by atoms with E-state index in [9.17, 15) is 14.4 Å². The number of rotatable bonds is 6. The Morgan fingerprint density at radius 3 is 2.44 bits per heavy atom. The van der Waals surface area contributed by atoms with Gasteiger partial charge in [-0.05, 0) is 56.7 Å². The van der Waals surface area contributed by atoms with Crippen LogP contribution in [0.25, 0.3) is 0 Å². The molecular weight excluding hydrogens is 344 g/mol. The van der Waals surface area contributed by atoms with Crippen LogP contribution in [-0.4, -0.2) is 30.2 Å². The number of hydrogen-bond donors (Lipinski definition) is 1. The molecule has 1 unspecified atom stereocenters. The number of carbonyl (C=O) groups excluding carboxylic acids is 3. The highest BCUT2D eigenvalue weighted by Crippen LogP contribution is 2.29. The van der Waals surface area contributed by atoms with Gasteiger partial charge < -0.3 is 15.0 Å². The van der Waals surface area contributed by atoms with Crippen molar-refractivity contribution in [3.05, 3.63) is 54.1 Å². The predicted molar refractivity (Wildman–Crippen MR) is 103 cm³/mol. The highest BCUT2D eigenvalue weighted by atomic mass is 16.5. The number of carbonyl (C=O) groups is 3. The zero-order valence-corrected chi connectivity index (χ0v) is 15.4. The number of ketones is 1. The molecule has 1 heterocycles. The van der Waals surface area contributed by atoms with Crippen molar-refractivity contribution in [2.75, 3.05) is 16.8 Å². The Morgan fingerprint density at radius 1 is 1.11 bits per heavy atom. The summed E-state index contributed by atoms with van der Waals surface area (Å²) in [6.07, 6.45) is 0.602. The van der Waals surface area contributed by atoms with Gasteiger partial charge in [0.2, 0.25) is 5.91 Å². The molecule has 140 valence electrons. The number of nitrogens with zero attached hydrogens (tertiary/aromatic N) is 1. The van der Waals surface area contributed by atoms with Crippen molar-refractivity contribution in [1.82, 2.24) is 0 Å². The van der Waals surface area contributed by atoms with Gasteiger partial charge in [-0.25, -0.2) is 0 Å². The van der Waals surface area contributed by atoms with E-state index in [1.54, 1.807) is 42.2 Å². The molecule has 0 radical (unpaired) electrons. The van der Waals surface area contributed by atoms with Crippen LogP contribution in [0.2, 0.25) is 0 Å². The van der Waals surface area contributed by atoms with Crippen LogP contribution in [0.1, 0.15) is 37.0 Å². The van der Waals surface area contributed by atoms with Gasteiger partial charge in [0.25, 0.3) is 5.91 Å². The number of nitrogens with one attached hydrogen (secondary N) is 1. The first-order valence-corrected chi connectivity index (χ1v) is 8.93. The van der Waals surface area contributed by atoms with Gasteiger partial charge >= 0.3 is 0 Å². The van der Waals surface area contributed by atoms with Crippen molar-refractivity contribution >= 4 is 29.0 Å². The Bertz CT molecular complexity index is 861. The van der Waals surface area contributed by atoms with Crippen molar-refractivity contribution in [2.24, 2.45) is 0 Å². The number of hydrogen-bond acceptors (Lipinski definition) is 4. The van der Waals surface area contributed by atoms with E-state index in [0.29, 0.717) is 35.7 Å². The van der Waals surface area contributed by atoms with Crippen molar-refractivity contribution in [1.29, 1.82) is 0 Å². The van der Waals surface area contributed by atoms with E-state index in [1.807, 2.05) is 18.2 Å². The SMILES string of the molecule is CC(=O)c1ccc(OC(C)C(=O)Nc2ccccc2N2CCCC2=O)cc1. The van der Waals surface area contributed by atoms with Crippen LogP contribution >= 0.6 is 0 Å². The number of para-hydroxylation sites is 2. The van der Waals surface area contributed by atoms with E-state index in [1.165, 1.54) is 6.92 Å². The fraction of sp³-hybridized carbons (Fsp3) is 0.286. The molecule has 0 aromatic heterocycles. The molecule has 0 spiro atoms. The van der Waals surface area contributed by atoms with Crippen LogP contribution in [0.5, 0.6) is 5.75 Å². The van der Waals surface area contributed by atoms with Crippen LogP contribution in [-0.2, 0) is 9.59 Å². The maximum absolute atomic E-state index is 12.5. The molecule has 2 amide bonds. The molecule has 1 aliphatic heterocycles. The summed E-state index contributed by atoms with van der Waals surface area (Å²) < 4.78 is 5.67. The van der Waals surface area contributed by atoms with Crippen molar-refractivity contribution in [2.45, 2.75) is 32.8 Å². The molecule has 2 aromatic carbocycles. The van der Waals surface area contributed by atoms with E-state index in [0.717, 1.165) is 6.42 Å². The fourth-order valence-electron chi connectivity index (χ4n) is 2.98. The van der Waals surface area contributed by atoms with Crippen LogP contribution in [0, 0.1) is 0 Å². The zero-order valence-electron chi connectivity index (χ0n) is 15.4. The largest absolute Gasteiger partial charge is 0.481 e. The predicted octanol–water partition coefficient (Wildman–Crippen LogP) is 3.42. The number of Topliss-reactive ketones (excluding diaryl/α,β-unsaturated/α-hetero) is 1. The summed E-state index contributed by atoms with van der Waals surface area (Å²) in [6.45, 7) is 3.80. The molecule has 1 fully saturated rings. The van der Waals surface area contributed by atoms with Crippen molar-refractivity contribution in [3.8, 4) is 5.75 Å². The van der Waals surface area contributed by atoms with E-state index in [2.05, 4.69) is 5.32 Å². The van der Waals surface area contributed by atoms with Crippen LogP contribution in [0.3, 0.4) is 0 Å². The Balaban J connectivity index is 1.68. The third-order valence-electron chi connectivity index (χ3n) is 4.47. The molecule has 0 aliphatic carbocycles. The maximum atomic E-state index is 12.5. The molecule has 6 heteroatoms. The minimum absolute atomic E-state index is 0.0274. The minimum atomic E-state index is -0.740. The fourth-order valence-corrected chi connectivity index (χ4v) is 2.98. The lowest BCUT2D eigenvalue weighted by Crippen LogP contribution is -2.31. The topological polar surface area (TPSA) is 75.7 Å². The highest BCUT2D eigenvalue weighted by molar-refractivity contribution is 6.03. The van der Waals surface area contributed by atoms with Gasteiger partial charge in [-0.3, -0.25) is 14.4 Å². The number of anilines is 2. The Morgan fingerprint density at radius 2 is 1.81 bits per heavy atom. The molecule has 1 atom stereocenters. The highest BCUT2D eigenvalue weighted by Gasteiger charge is 2.25. The van der Waals surface area contributed by atoms with Gasteiger partial charge in [0.05, 0.1) is 11.4 Å². The lowest BCUT2D eigenvalue weighted by Gasteiger charge is -2.21. The molecule has 27 heavy (non-hydrogen) atoms. The second-order valence-corrected chi connectivity index (χ2v) is 6.50. The first-order chi connectivity index (χ1) is 13.0. The third kappa shape index (κ3) is 4.34. The van der Waals surface area contributed by atoms with Gasteiger partial charge in [0.15, 0.2) is 11.9 Å². The second kappa shape index (κ2) is 8.03. The van der Waals surface area contributed by atoms with Gasteiger partial charge in [-0.15, -0.1) is 0 Å². The van der Waals surface area contributed by atoms with Crippen LogP contribution < -0.4 is 15.0 Å². The number of amides is 2. The molecule has 1 N–H and O–H groups in total. The van der Waals surface area contributed by atoms with E-state index in [-0.39, 0.29) is 17.6 Å². The molecule has 0 saturated carbocycles. The van der Waals surface area contributed by atoms with Crippen LogP contribution in [0.4, 0.5) is 11.4 Å². The van der Waals surface area contributed by atoms with E-state index >= 15 is 0 Å². The Labute approximate surface area is 158 Å². The van der Waals surface area contributed by atoms with Crippen molar-refractivity contribution in [3.63, 3.8) is 0 Å². The lowest BCUT2D eigenvalue weighted by molar-refractivity contribution is -0.122. The smallest absolute Gasteiger partial charge is 0.265 e. The second-order valence-electron chi connectivity index (χ2n) is 6.50. The van der Waals surface area contributed by atoms with Gasteiger partial charge in [0.1, 0.15) is 5.75 Å². The number of ether oxygens (including phenoxy) is 1. The first-order valence-electron chi connectivity index (χ1n) is 8.93. The third-order valence-corrected chi connectivity index (χ3v) is 4.47. The lowest BCUT2D eigenvalue weighted by atomic mass is 10.1. The number of benzene rings is 2. The average molecular weight is 366 g/mol. The molecule has 6 nitrogen and oxygen atoms in total. The average Bonchev–Trinajstić information content (AvgIpc) is 3.08. The Hall–Kier alpha value is -3.15. The quantitative estimate of drug-likeness (QED) is 0.795. The maximum Gasteiger partial charge on any atom is 0.265 e. The summed E-state index contributed by atoms with van der Waals surface area (Å²) >= 11 is 0. The Kier molecular flexibility index (Phi) is 5.54. The summed E-state index contributed by atoms with van der Waals surface area (Å²) in [7, 11) is 0. The molecule has 1 saturated heterocycles. The standard InChI is InChI=1S/C21H22N2O4/c1-14(24)16-9-11-17(12-10-16)27-15(2)21(26)22-18-6-3-4-7-19(18)23-13-5-8-20(23)25/h3-4,6-7,9-12,15H,5,8,13H2,1-2H3,(H,22,26). The van der Waals surface area contributed by atoms with E-state index < -0.39 is 6.10 Å². The van der Waals surface area contributed by atoms with Crippen molar-refractivity contribution < 1.29 is 19.1 Å². The molecular formula is C21H22N2O4. The van der Waals surface area contributed by atoms with Gasteiger partial charge in [0, 0.05) is 18.5 Å². The summed E-state index contributed by atoms with van der Waals surface area (Å²) in [5.41, 5.74) is 1.87. The summed E-state index contributed by atoms with van der Waals surface area (Å²) in [5, 5.41) is 2.85. The summed E-state index contributed by atoms with van der Waals surface area (Å²) in [4.78, 5) is 37.6. The summed E-state index contributed by atoms with van der Waals surface area (Å²) in [5.74, 6) is 0.224. The molecule has 2 aromatic rings. The van der Waals surface area contributed by atoms with Gasteiger partial charge in [-0.1, -0.05) is 12.1 Å². The minimum Gasteiger partial charge on any atom is -0.481 e. The molecule has 0 bridgehead atoms. The monoisotopic (exact) mass is 366 g/mol. The zero-order chi connectivity index (χ0) is 19.4.